The van der Waals surface area contributed by atoms with Gasteiger partial charge in [-0.25, -0.2) is 19.5 Å². The second kappa shape index (κ2) is 9.49. The normalized spacial score (nSPS) is 11.6. The van der Waals surface area contributed by atoms with Gasteiger partial charge in [0.2, 0.25) is 5.71 Å². The molecule has 42 heavy (non-hydrogen) atoms. The van der Waals surface area contributed by atoms with Gasteiger partial charge in [0.1, 0.15) is 17.6 Å². The minimum atomic E-state index is 0.653. The molecule has 0 aliphatic carbocycles. The molecule has 0 aliphatic heterocycles. The van der Waals surface area contributed by atoms with Crippen molar-refractivity contribution in [2.75, 3.05) is 0 Å². The fraction of sp³-hybridized carbons (Fsp3) is 0.0556. The first-order valence-electron chi connectivity index (χ1n) is 13.9. The summed E-state index contributed by atoms with van der Waals surface area (Å²) in [6.07, 6.45) is 6.99. The zero-order valence-corrected chi connectivity index (χ0v) is 23.2. The van der Waals surface area contributed by atoms with Crippen LogP contribution >= 0.6 is 0 Å². The molecule has 0 fully saturated rings. The number of fused-ring (bicyclic) bond motifs is 4. The molecular weight excluding hydrogens is 518 g/mol. The summed E-state index contributed by atoms with van der Waals surface area (Å²) in [6, 6.07) is 34.2. The Labute approximate surface area is 242 Å². The number of rotatable bonds is 4. The van der Waals surface area contributed by atoms with E-state index in [9.17, 15) is 0 Å². The van der Waals surface area contributed by atoms with E-state index in [2.05, 4.69) is 129 Å². The Morgan fingerprint density at radius 1 is 0.690 bits per heavy atom. The predicted molar refractivity (Wildman–Crippen MR) is 166 cm³/mol. The van der Waals surface area contributed by atoms with Crippen molar-refractivity contribution in [1.29, 1.82) is 0 Å². The van der Waals surface area contributed by atoms with Gasteiger partial charge in [-0.1, -0.05) is 60.7 Å². The topological polar surface area (TPSA) is 60.6 Å². The average Bonchev–Trinajstić information content (AvgIpc) is 3.57. The molecular formula is C36H26N5O+. The predicted octanol–water partition coefficient (Wildman–Crippen LogP) is 7.85. The van der Waals surface area contributed by atoms with Crippen molar-refractivity contribution < 1.29 is 8.98 Å². The number of pyridine rings is 1. The van der Waals surface area contributed by atoms with Crippen molar-refractivity contribution in [3.8, 4) is 39.3 Å². The Hall–Kier alpha value is -5.62. The lowest BCUT2D eigenvalue weighted by atomic mass is 10.0. The van der Waals surface area contributed by atoms with Gasteiger partial charge in [0, 0.05) is 34.9 Å². The first-order valence-corrected chi connectivity index (χ1v) is 13.9. The molecule has 0 radical (unpaired) electrons. The van der Waals surface area contributed by atoms with Crippen LogP contribution < -0.4 is 4.57 Å². The summed E-state index contributed by atoms with van der Waals surface area (Å²) in [5.41, 5.74) is 11.5. The molecule has 8 aromatic rings. The molecule has 0 aliphatic rings. The van der Waals surface area contributed by atoms with E-state index in [1.54, 1.807) is 12.5 Å². The average molecular weight is 545 g/mol. The highest BCUT2D eigenvalue weighted by Crippen LogP contribution is 2.38. The third-order valence-electron chi connectivity index (χ3n) is 8.10. The molecule has 0 unspecified atom stereocenters. The number of hydrogen-bond acceptors (Lipinski definition) is 4. The van der Waals surface area contributed by atoms with Crippen LogP contribution in [0.5, 0.6) is 0 Å². The van der Waals surface area contributed by atoms with Gasteiger partial charge in [-0.05, 0) is 65.6 Å². The number of para-hydroxylation sites is 2. The first-order chi connectivity index (χ1) is 20.7. The number of benzene rings is 4. The maximum Gasteiger partial charge on any atom is 0.298 e. The Morgan fingerprint density at radius 3 is 2.14 bits per heavy atom. The molecule has 0 saturated heterocycles. The van der Waals surface area contributed by atoms with Crippen molar-refractivity contribution in [2.45, 2.75) is 6.92 Å². The SMILES string of the molecule is Cc1ccc2c(oc3ncccc32)c1-c1n(-c2ccc(-c3ccc(-c4cncnc4)cc3)cc2)c2ccccc2[n+]1C. The van der Waals surface area contributed by atoms with Crippen molar-refractivity contribution in [3.63, 3.8) is 0 Å². The molecule has 8 rings (SSSR count). The Bertz CT molecular complexity index is 2250. The highest BCUT2D eigenvalue weighted by molar-refractivity contribution is 6.08. The van der Waals surface area contributed by atoms with E-state index >= 15 is 0 Å². The second-order valence-corrected chi connectivity index (χ2v) is 10.6. The van der Waals surface area contributed by atoms with Gasteiger partial charge in [0.25, 0.3) is 5.82 Å². The molecule has 0 bridgehead atoms. The molecule has 0 N–H and O–H groups in total. The Morgan fingerprint density at radius 2 is 1.38 bits per heavy atom. The molecule has 0 atom stereocenters. The molecule has 4 aromatic heterocycles. The molecule has 200 valence electrons. The lowest BCUT2D eigenvalue weighted by Crippen LogP contribution is -2.30. The second-order valence-electron chi connectivity index (χ2n) is 10.6. The van der Waals surface area contributed by atoms with E-state index in [0.717, 1.165) is 72.3 Å². The maximum atomic E-state index is 6.43. The number of hydrogen-bond donors (Lipinski definition) is 0. The summed E-state index contributed by atoms with van der Waals surface area (Å²) in [7, 11) is 2.13. The fourth-order valence-corrected chi connectivity index (χ4v) is 6.01. The molecule has 6 heteroatoms. The van der Waals surface area contributed by atoms with Gasteiger partial charge in [-0.3, -0.25) is 0 Å². The molecule has 0 spiro atoms. The first kappa shape index (κ1) is 24.2. The van der Waals surface area contributed by atoms with Crippen LogP contribution in [0, 0.1) is 6.92 Å². The van der Waals surface area contributed by atoms with E-state index in [1.807, 2.05) is 18.5 Å². The highest BCUT2D eigenvalue weighted by atomic mass is 16.3. The van der Waals surface area contributed by atoms with Gasteiger partial charge in [0.15, 0.2) is 16.6 Å². The van der Waals surface area contributed by atoms with Gasteiger partial charge in [0.05, 0.1) is 7.05 Å². The molecule has 0 saturated carbocycles. The minimum absolute atomic E-state index is 0.653. The van der Waals surface area contributed by atoms with Gasteiger partial charge in [-0.2, -0.15) is 4.57 Å². The largest absolute Gasteiger partial charge is 0.437 e. The third-order valence-corrected chi connectivity index (χ3v) is 8.10. The summed E-state index contributed by atoms with van der Waals surface area (Å²) in [6.45, 7) is 2.14. The van der Waals surface area contributed by atoms with Crippen LogP contribution in [0.3, 0.4) is 0 Å². The van der Waals surface area contributed by atoms with Crippen LogP contribution in [-0.2, 0) is 7.05 Å². The molecule has 6 nitrogen and oxygen atoms in total. The lowest BCUT2D eigenvalue weighted by molar-refractivity contribution is -0.633. The monoisotopic (exact) mass is 544 g/mol. The summed E-state index contributed by atoms with van der Waals surface area (Å²) >= 11 is 0. The number of furan rings is 1. The number of aryl methyl sites for hydroxylation is 2. The van der Waals surface area contributed by atoms with Crippen LogP contribution in [0.2, 0.25) is 0 Å². The zero-order valence-electron chi connectivity index (χ0n) is 23.2. The summed E-state index contributed by atoms with van der Waals surface area (Å²) in [4.78, 5) is 12.8. The van der Waals surface area contributed by atoms with Crippen molar-refractivity contribution in [3.05, 3.63) is 128 Å². The van der Waals surface area contributed by atoms with Crippen molar-refractivity contribution in [2.24, 2.45) is 7.05 Å². The van der Waals surface area contributed by atoms with Crippen molar-refractivity contribution in [1.82, 2.24) is 19.5 Å². The van der Waals surface area contributed by atoms with Gasteiger partial charge in [-0.15, -0.1) is 0 Å². The summed E-state index contributed by atoms with van der Waals surface area (Å²) < 4.78 is 11.0. The molecule has 4 heterocycles. The summed E-state index contributed by atoms with van der Waals surface area (Å²) in [5.74, 6) is 1.06. The minimum Gasteiger partial charge on any atom is -0.437 e. The van der Waals surface area contributed by atoms with E-state index in [0.29, 0.717) is 5.71 Å². The summed E-state index contributed by atoms with van der Waals surface area (Å²) in [5, 5.41) is 2.09. The van der Waals surface area contributed by atoms with Crippen LogP contribution in [0.1, 0.15) is 5.56 Å². The zero-order chi connectivity index (χ0) is 28.2. The van der Waals surface area contributed by atoms with E-state index in [-0.39, 0.29) is 0 Å². The third kappa shape index (κ3) is 3.73. The van der Waals surface area contributed by atoms with Crippen LogP contribution in [0.15, 0.2) is 126 Å². The van der Waals surface area contributed by atoms with Crippen LogP contribution in [0.4, 0.5) is 0 Å². The molecule has 4 aromatic carbocycles. The number of nitrogens with zero attached hydrogens (tertiary/aromatic N) is 5. The highest BCUT2D eigenvalue weighted by Gasteiger charge is 2.30. The van der Waals surface area contributed by atoms with E-state index in [1.165, 1.54) is 0 Å². The van der Waals surface area contributed by atoms with Crippen LogP contribution in [-0.4, -0.2) is 19.5 Å². The standard InChI is InChI=1S/C36H26N5O/c1-23-9-18-29-30-6-5-19-39-35(30)42-34(29)33(23)36-40(2)31-7-3-4-8-32(31)41(36)28-16-14-25(15-17-28)24-10-12-26(13-11-24)27-20-37-22-38-21-27/h3-22H,1-2H3/q+1. The van der Waals surface area contributed by atoms with Gasteiger partial charge >= 0.3 is 0 Å². The fourth-order valence-electron chi connectivity index (χ4n) is 6.01. The lowest BCUT2D eigenvalue weighted by Gasteiger charge is -2.09. The smallest absolute Gasteiger partial charge is 0.298 e. The maximum absolute atomic E-state index is 6.43. The van der Waals surface area contributed by atoms with Crippen LogP contribution in [0.25, 0.3) is 72.4 Å². The molecule has 0 amide bonds. The quantitative estimate of drug-likeness (QED) is 0.212. The number of aromatic nitrogens is 5. The number of imidazole rings is 1. The Kier molecular flexibility index (Phi) is 5.47. The Balaban J connectivity index is 1.29. The van der Waals surface area contributed by atoms with E-state index in [4.69, 9.17) is 4.42 Å². The van der Waals surface area contributed by atoms with Crippen molar-refractivity contribution >= 4 is 33.1 Å². The van der Waals surface area contributed by atoms with E-state index < -0.39 is 0 Å². The van der Waals surface area contributed by atoms with Gasteiger partial charge < -0.3 is 4.42 Å².